The molecule has 0 saturated carbocycles. The van der Waals surface area contributed by atoms with Gasteiger partial charge in [-0.25, -0.2) is 0 Å². The predicted molar refractivity (Wildman–Crippen MR) is 67.4 cm³/mol. The van der Waals surface area contributed by atoms with Crippen molar-refractivity contribution in [2.45, 2.75) is 45.2 Å². The van der Waals surface area contributed by atoms with Crippen LogP contribution in [0.15, 0.2) is 6.33 Å². The molecule has 0 unspecified atom stereocenters. The van der Waals surface area contributed by atoms with Gasteiger partial charge < -0.3 is 10.3 Å². The van der Waals surface area contributed by atoms with Gasteiger partial charge >= 0.3 is 0 Å². The summed E-state index contributed by atoms with van der Waals surface area (Å²) >= 11 is 0. The van der Waals surface area contributed by atoms with Gasteiger partial charge in [-0.15, -0.1) is 10.2 Å². The van der Waals surface area contributed by atoms with Crippen molar-refractivity contribution in [1.82, 2.24) is 19.7 Å². The Labute approximate surface area is 103 Å². The van der Waals surface area contributed by atoms with Gasteiger partial charge in [0, 0.05) is 13.1 Å². The number of hydrogen-bond donors (Lipinski definition) is 1. The third kappa shape index (κ3) is 3.78. The second-order valence-corrected chi connectivity index (χ2v) is 4.77. The minimum atomic E-state index is 0.835. The Kier molecular flexibility index (Phi) is 4.94. The Balaban J connectivity index is 1.59. The first-order valence-corrected chi connectivity index (χ1v) is 6.69. The van der Waals surface area contributed by atoms with Gasteiger partial charge in [-0.05, 0) is 25.9 Å². The topological polar surface area (TPSA) is 60.0 Å². The van der Waals surface area contributed by atoms with E-state index in [1.54, 1.807) is 0 Å². The molecule has 1 aliphatic rings. The minimum Gasteiger partial charge on any atom is -0.330 e. The molecule has 2 rings (SSSR count). The second kappa shape index (κ2) is 6.71. The Morgan fingerprint density at radius 1 is 1.12 bits per heavy atom. The van der Waals surface area contributed by atoms with Crippen LogP contribution in [0.3, 0.4) is 0 Å². The molecule has 2 N–H and O–H groups in total. The standard InChI is InChI=1S/C12H23N5/c13-6-4-2-1-3-5-7-16-8-9-17-11-14-15-12(17)10-16/h11H,1-10,13H2. The van der Waals surface area contributed by atoms with Crippen LogP contribution < -0.4 is 5.73 Å². The van der Waals surface area contributed by atoms with E-state index in [0.29, 0.717) is 0 Å². The molecular formula is C12H23N5. The van der Waals surface area contributed by atoms with Gasteiger partial charge in [0.2, 0.25) is 0 Å². The molecule has 0 fully saturated rings. The molecule has 0 saturated heterocycles. The summed E-state index contributed by atoms with van der Waals surface area (Å²) in [5.74, 6) is 1.11. The molecule has 96 valence electrons. The van der Waals surface area contributed by atoms with Crippen LogP contribution in [-0.2, 0) is 13.1 Å². The van der Waals surface area contributed by atoms with Crippen LogP contribution in [0.2, 0.25) is 0 Å². The maximum Gasteiger partial charge on any atom is 0.147 e. The highest BCUT2D eigenvalue weighted by Gasteiger charge is 2.16. The Morgan fingerprint density at radius 3 is 2.82 bits per heavy atom. The molecule has 0 spiro atoms. The summed E-state index contributed by atoms with van der Waals surface area (Å²) in [5.41, 5.74) is 5.47. The smallest absolute Gasteiger partial charge is 0.147 e. The van der Waals surface area contributed by atoms with Crippen LogP contribution in [-0.4, -0.2) is 39.3 Å². The normalized spacial score (nSPS) is 16.1. The van der Waals surface area contributed by atoms with E-state index in [1.807, 2.05) is 6.33 Å². The average Bonchev–Trinajstić information content (AvgIpc) is 2.81. The number of hydrogen-bond acceptors (Lipinski definition) is 4. The van der Waals surface area contributed by atoms with Crippen LogP contribution in [0.4, 0.5) is 0 Å². The maximum absolute atomic E-state index is 5.47. The van der Waals surface area contributed by atoms with Crippen LogP contribution in [0.25, 0.3) is 0 Å². The first-order valence-electron chi connectivity index (χ1n) is 6.69. The van der Waals surface area contributed by atoms with E-state index in [4.69, 9.17) is 5.73 Å². The molecule has 1 aliphatic heterocycles. The third-order valence-corrected chi connectivity index (χ3v) is 3.40. The van der Waals surface area contributed by atoms with Gasteiger partial charge in [-0.2, -0.15) is 0 Å². The highest BCUT2D eigenvalue weighted by atomic mass is 15.3. The fraction of sp³-hybridized carbons (Fsp3) is 0.833. The maximum atomic E-state index is 5.47. The Hall–Kier alpha value is -0.940. The van der Waals surface area contributed by atoms with Crippen molar-refractivity contribution in [3.63, 3.8) is 0 Å². The summed E-state index contributed by atoms with van der Waals surface area (Å²) in [6.45, 7) is 5.16. The zero-order chi connectivity index (χ0) is 11.9. The van der Waals surface area contributed by atoms with Crippen LogP contribution in [0.1, 0.15) is 37.9 Å². The molecule has 0 bridgehead atoms. The number of nitrogens with zero attached hydrogens (tertiary/aromatic N) is 4. The molecule has 0 aliphatic carbocycles. The lowest BCUT2D eigenvalue weighted by atomic mass is 10.1. The van der Waals surface area contributed by atoms with E-state index in [1.165, 1.54) is 38.6 Å². The van der Waals surface area contributed by atoms with Crippen LogP contribution in [0, 0.1) is 0 Å². The van der Waals surface area contributed by atoms with Crippen molar-refractivity contribution >= 4 is 0 Å². The van der Waals surface area contributed by atoms with Crippen molar-refractivity contribution in [3.8, 4) is 0 Å². The number of nitrogens with two attached hydrogens (primary N) is 1. The molecule has 1 aromatic rings. The van der Waals surface area contributed by atoms with Gasteiger partial charge in [0.05, 0.1) is 6.54 Å². The highest BCUT2D eigenvalue weighted by molar-refractivity contribution is 4.89. The number of unbranched alkanes of at least 4 members (excludes halogenated alkanes) is 4. The molecule has 0 amide bonds. The predicted octanol–water partition coefficient (Wildman–Crippen LogP) is 1.00. The number of aromatic nitrogens is 3. The van der Waals surface area contributed by atoms with E-state index < -0.39 is 0 Å². The number of fused-ring (bicyclic) bond motifs is 1. The fourth-order valence-corrected chi connectivity index (χ4v) is 2.32. The van der Waals surface area contributed by atoms with Gasteiger partial charge in [0.15, 0.2) is 0 Å². The lowest BCUT2D eigenvalue weighted by molar-refractivity contribution is 0.212. The van der Waals surface area contributed by atoms with Crippen LogP contribution >= 0.6 is 0 Å². The van der Waals surface area contributed by atoms with E-state index in [0.717, 1.165) is 32.0 Å². The summed E-state index contributed by atoms with van der Waals surface area (Å²) in [7, 11) is 0. The average molecular weight is 237 g/mol. The summed E-state index contributed by atoms with van der Waals surface area (Å²) in [6.07, 6.45) is 8.22. The summed E-state index contributed by atoms with van der Waals surface area (Å²) in [5, 5.41) is 8.08. The lowest BCUT2D eigenvalue weighted by Crippen LogP contribution is -2.34. The Morgan fingerprint density at radius 2 is 1.94 bits per heavy atom. The Bertz CT molecular complexity index is 322. The largest absolute Gasteiger partial charge is 0.330 e. The van der Waals surface area contributed by atoms with Crippen molar-refractivity contribution in [2.75, 3.05) is 19.6 Å². The van der Waals surface area contributed by atoms with Crippen molar-refractivity contribution in [2.24, 2.45) is 5.73 Å². The summed E-state index contributed by atoms with van der Waals surface area (Å²) in [6, 6.07) is 0. The molecule has 0 aromatic carbocycles. The van der Waals surface area contributed by atoms with Crippen molar-refractivity contribution in [3.05, 3.63) is 12.2 Å². The van der Waals surface area contributed by atoms with Crippen molar-refractivity contribution < 1.29 is 0 Å². The zero-order valence-corrected chi connectivity index (χ0v) is 10.5. The third-order valence-electron chi connectivity index (χ3n) is 3.40. The van der Waals surface area contributed by atoms with Gasteiger partial charge in [0.25, 0.3) is 0 Å². The van der Waals surface area contributed by atoms with Gasteiger partial charge in [0.1, 0.15) is 12.2 Å². The second-order valence-electron chi connectivity index (χ2n) is 4.77. The molecule has 17 heavy (non-hydrogen) atoms. The number of rotatable bonds is 7. The van der Waals surface area contributed by atoms with E-state index in [-0.39, 0.29) is 0 Å². The molecule has 0 atom stereocenters. The quantitative estimate of drug-likeness (QED) is 0.719. The summed E-state index contributed by atoms with van der Waals surface area (Å²) < 4.78 is 2.15. The van der Waals surface area contributed by atoms with Crippen LogP contribution in [0.5, 0.6) is 0 Å². The molecule has 5 nitrogen and oxygen atoms in total. The SMILES string of the molecule is NCCCCCCCN1CCn2cnnc2C1. The first-order chi connectivity index (χ1) is 8.40. The first kappa shape index (κ1) is 12.5. The van der Waals surface area contributed by atoms with Gasteiger partial charge in [-0.3, -0.25) is 4.90 Å². The molecule has 5 heteroatoms. The lowest BCUT2D eigenvalue weighted by Gasteiger charge is -2.26. The molecule has 0 radical (unpaired) electrons. The zero-order valence-electron chi connectivity index (χ0n) is 10.5. The summed E-state index contributed by atoms with van der Waals surface area (Å²) in [4.78, 5) is 2.48. The van der Waals surface area contributed by atoms with E-state index >= 15 is 0 Å². The highest BCUT2D eigenvalue weighted by Crippen LogP contribution is 2.11. The van der Waals surface area contributed by atoms with Crippen molar-refractivity contribution in [1.29, 1.82) is 0 Å². The van der Waals surface area contributed by atoms with E-state index in [9.17, 15) is 0 Å². The van der Waals surface area contributed by atoms with Gasteiger partial charge in [-0.1, -0.05) is 19.3 Å². The fourth-order valence-electron chi connectivity index (χ4n) is 2.32. The minimum absolute atomic E-state index is 0.835. The van der Waals surface area contributed by atoms with E-state index in [2.05, 4.69) is 19.7 Å². The molecule has 2 heterocycles. The molecule has 1 aromatic heterocycles. The molecular weight excluding hydrogens is 214 g/mol. The monoisotopic (exact) mass is 237 g/mol.